The van der Waals surface area contributed by atoms with Crippen molar-refractivity contribution < 1.29 is 14.3 Å². The van der Waals surface area contributed by atoms with Crippen LogP contribution in [0.1, 0.15) is 6.42 Å². The van der Waals surface area contributed by atoms with Crippen molar-refractivity contribution in [2.75, 3.05) is 5.32 Å². The van der Waals surface area contributed by atoms with Gasteiger partial charge < -0.3 is 10.1 Å². The Morgan fingerprint density at radius 2 is 1.95 bits per heavy atom. The summed E-state index contributed by atoms with van der Waals surface area (Å²) in [4.78, 5) is 24.7. The maximum atomic E-state index is 12.6. The molecule has 1 N–H and O–H groups in total. The molecule has 1 amide bonds. The Labute approximate surface area is 138 Å². The third-order valence-corrected chi connectivity index (χ3v) is 6.67. The van der Waals surface area contributed by atoms with Gasteiger partial charge in [-0.05, 0) is 36.6 Å². The standard InChI is InChI=1S/C15H13Br2NO3/c16-6-1-3-7(4-2-6)18-14(19)10-8-5-9-11(10)15(20)21-13(9)12(8)17/h1-4,8-13H,5H2,(H,18,19)/t8-,9-,10-,11-,12-,13+/m1/s1. The highest BCUT2D eigenvalue weighted by Gasteiger charge is 2.67. The monoisotopic (exact) mass is 413 g/mol. The number of halogens is 2. The third kappa shape index (κ3) is 1.99. The van der Waals surface area contributed by atoms with Gasteiger partial charge in [0.05, 0.1) is 16.7 Å². The Morgan fingerprint density at radius 3 is 2.67 bits per heavy atom. The van der Waals surface area contributed by atoms with E-state index in [2.05, 4.69) is 37.2 Å². The molecule has 2 bridgehead atoms. The minimum absolute atomic E-state index is 0.0377. The lowest BCUT2D eigenvalue weighted by atomic mass is 9.79. The Bertz CT molecular complexity index is 618. The van der Waals surface area contributed by atoms with Crippen LogP contribution in [0.15, 0.2) is 28.7 Å². The molecule has 1 aromatic rings. The van der Waals surface area contributed by atoms with Crippen LogP contribution in [0, 0.1) is 23.7 Å². The van der Waals surface area contributed by atoms with Crippen molar-refractivity contribution in [2.45, 2.75) is 17.4 Å². The SMILES string of the molecule is O=C(Nc1ccc(Br)cc1)[C@@H]1[C@H]2C[C@H]3[C@H](OC(=O)[C@H]31)[C@@H]2Br. The molecule has 6 atom stereocenters. The van der Waals surface area contributed by atoms with E-state index in [0.29, 0.717) is 0 Å². The average molecular weight is 415 g/mol. The minimum atomic E-state index is -0.283. The fraction of sp³-hybridized carbons (Fsp3) is 0.467. The molecule has 2 aliphatic carbocycles. The van der Waals surface area contributed by atoms with E-state index in [4.69, 9.17) is 4.74 Å². The quantitative estimate of drug-likeness (QED) is 0.597. The largest absolute Gasteiger partial charge is 0.461 e. The van der Waals surface area contributed by atoms with E-state index in [-0.39, 0.29) is 46.5 Å². The molecule has 0 radical (unpaired) electrons. The number of amides is 1. The van der Waals surface area contributed by atoms with Gasteiger partial charge in [-0.2, -0.15) is 0 Å². The highest BCUT2D eigenvalue weighted by Crippen LogP contribution is 2.60. The first-order chi connectivity index (χ1) is 10.1. The van der Waals surface area contributed by atoms with Crippen LogP contribution in [0.4, 0.5) is 5.69 Å². The molecule has 0 aromatic heterocycles. The first-order valence-corrected chi connectivity index (χ1v) is 8.68. The Kier molecular flexibility index (Phi) is 3.15. The van der Waals surface area contributed by atoms with Gasteiger partial charge in [0.2, 0.25) is 5.91 Å². The van der Waals surface area contributed by atoms with E-state index in [1.54, 1.807) is 0 Å². The summed E-state index contributed by atoms with van der Waals surface area (Å²) in [6, 6.07) is 7.44. The van der Waals surface area contributed by atoms with E-state index in [1.165, 1.54) is 0 Å². The fourth-order valence-corrected chi connectivity index (χ4v) is 5.40. The maximum absolute atomic E-state index is 12.6. The molecule has 3 aliphatic rings. The van der Waals surface area contributed by atoms with Crippen LogP contribution in [-0.4, -0.2) is 22.8 Å². The molecule has 0 unspecified atom stereocenters. The number of nitrogens with one attached hydrogen (secondary N) is 1. The van der Waals surface area contributed by atoms with E-state index in [1.807, 2.05) is 24.3 Å². The molecular weight excluding hydrogens is 402 g/mol. The number of carbonyl (C=O) groups excluding carboxylic acids is 2. The molecule has 21 heavy (non-hydrogen) atoms. The lowest BCUT2D eigenvalue weighted by molar-refractivity contribution is -0.145. The fourth-order valence-electron chi connectivity index (χ4n) is 4.09. The minimum Gasteiger partial charge on any atom is -0.461 e. The summed E-state index contributed by atoms with van der Waals surface area (Å²) in [7, 11) is 0. The smallest absolute Gasteiger partial charge is 0.310 e. The van der Waals surface area contributed by atoms with Gasteiger partial charge in [0.25, 0.3) is 0 Å². The van der Waals surface area contributed by atoms with E-state index in [9.17, 15) is 9.59 Å². The van der Waals surface area contributed by atoms with Crippen LogP contribution < -0.4 is 5.32 Å². The van der Waals surface area contributed by atoms with Crippen molar-refractivity contribution >= 4 is 49.4 Å². The van der Waals surface area contributed by atoms with Gasteiger partial charge >= 0.3 is 5.97 Å². The Hall–Kier alpha value is -0.880. The second-order valence-corrected chi connectivity index (χ2v) is 7.93. The number of rotatable bonds is 2. The maximum Gasteiger partial charge on any atom is 0.310 e. The van der Waals surface area contributed by atoms with Gasteiger partial charge in [0, 0.05) is 16.1 Å². The van der Waals surface area contributed by atoms with Crippen molar-refractivity contribution in [1.82, 2.24) is 0 Å². The number of esters is 1. The highest BCUT2D eigenvalue weighted by molar-refractivity contribution is 9.10. The van der Waals surface area contributed by atoms with E-state index in [0.717, 1.165) is 16.6 Å². The molecular formula is C15H13Br2NO3. The third-order valence-electron chi connectivity index (χ3n) is 4.94. The zero-order chi connectivity index (χ0) is 14.7. The first-order valence-electron chi connectivity index (χ1n) is 6.97. The molecule has 6 heteroatoms. The van der Waals surface area contributed by atoms with Gasteiger partial charge in [-0.25, -0.2) is 0 Å². The lowest BCUT2D eigenvalue weighted by Gasteiger charge is -2.27. The highest BCUT2D eigenvalue weighted by atomic mass is 79.9. The number of hydrogen-bond acceptors (Lipinski definition) is 3. The van der Waals surface area contributed by atoms with Crippen molar-refractivity contribution in [3.8, 4) is 0 Å². The molecule has 0 spiro atoms. The number of anilines is 1. The number of hydrogen-bond donors (Lipinski definition) is 1. The summed E-state index contributed by atoms with van der Waals surface area (Å²) in [5.74, 6) is -0.431. The Balaban J connectivity index is 1.57. The molecule has 1 aliphatic heterocycles. The molecule has 3 fully saturated rings. The summed E-state index contributed by atoms with van der Waals surface area (Å²) in [5.41, 5.74) is 0.750. The predicted octanol–water partition coefficient (Wildman–Crippen LogP) is 2.96. The molecule has 110 valence electrons. The zero-order valence-electron chi connectivity index (χ0n) is 11.0. The number of carbonyl (C=O) groups is 2. The summed E-state index contributed by atoms with van der Waals surface area (Å²) >= 11 is 6.98. The summed E-state index contributed by atoms with van der Waals surface area (Å²) in [6.45, 7) is 0. The van der Waals surface area contributed by atoms with Crippen molar-refractivity contribution in [2.24, 2.45) is 23.7 Å². The average Bonchev–Trinajstić information content (AvgIpc) is 3.05. The molecule has 1 aromatic carbocycles. The second kappa shape index (κ2) is 4.81. The lowest BCUT2D eigenvalue weighted by Crippen LogP contribution is -2.40. The molecule has 4 rings (SSSR count). The second-order valence-electron chi connectivity index (χ2n) is 5.96. The zero-order valence-corrected chi connectivity index (χ0v) is 14.1. The summed E-state index contributed by atoms with van der Waals surface area (Å²) < 4.78 is 6.39. The van der Waals surface area contributed by atoms with Crippen LogP contribution in [0.5, 0.6) is 0 Å². The van der Waals surface area contributed by atoms with Crippen molar-refractivity contribution in [3.63, 3.8) is 0 Å². The van der Waals surface area contributed by atoms with Gasteiger partial charge in [0.1, 0.15) is 6.10 Å². The number of ether oxygens (including phenoxy) is 1. The van der Waals surface area contributed by atoms with Crippen LogP contribution in [0.3, 0.4) is 0 Å². The molecule has 4 nitrogen and oxygen atoms in total. The summed E-state index contributed by atoms with van der Waals surface area (Å²) in [6.07, 6.45) is 0.860. The van der Waals surface area contributed by atoms with Crippen molar-refractivity contribution in [3.05, 3.63) is 28.7 Å². The normalized spacial score (nSPS) is 39.4. The molecule has 1 heterocycles. The van der Waals surface area contributed by atoms with Gasteiger partial charge in [-0.15, -0.1) is 0 Å². The van der Waals surface area contributed by atoms with Gasteiger partial charge in [-0.3, -0.25) is 9.59 Å². The van der Waals surface area contributed by atoms with Gasteiger partial charge in [-0.1, -0.05) is 31.9 Å². The van der Waals surface area contributed by atoms with Crippen LogP contribution in [0.25, 0.3) is 0 Å². The topological polar surface area (TPSA) is 55.4 Å². The molecule has 1 saturated heterocycles. The molecule has 2 saturated carbocycles. The van der Waals surface area contributed by atoms with E-state index >= 15 is 0 Å². The number of alkyl halides is 1. The van der Waals surface area contributed by atoms with Crippen LogP contribution >= 0.6 is 31.9 Å². The number of fused-ring (bicyclic) bond motifs is 1. The predicted molar refractivity (Wildman–Crippen MR) is 83.9 cm³/mol. The van der Waals surface area contributed by atoms with Gasteiger partial charge in [0.15, 0.2) is 0 Å². The first kappa shape index (κ1) is 13.8. The van der Waals surface area contributed by atoms with Crippen LogP contribution in [-0.2, 0) is 14.3 Å². The van der Waals surface area contributed by atoms with Crippen LogP contribution in [0.2, 0.25) is 0 Å². The summed E-state index contributed by atoms with van der Waals surface area (Å²) in [5, 5.41) is 2.93. The Morgan fingerprint density at radius 1 is 1.24 bits per heavy atom. The number of benzene rings is 1. The van der Waals surface area contributed by atoms with E-state index < -0.39 is 0 Å². The van der Waals surface area contributed by atoms with Crippen molar-refractivity contribution in [1.29, 1.82) is 0 Å².